The van der Waals surface area contributed by atoms with Crippen molar-refractivity contribution in [2.75, 3.05) is 32.4 Å². The first kappa shape index (κ1) is 12.8. The highest BCUT2D eigenvalue weighted by Gasteiger charge is 2.21. The van der Waals surface area contributed by atoms with Crippen molar-refractivity contribution in [1.82, 2.24) is 15.2 Å². The van der Waals surface area contributed by atoms with Crippen LogP contribution in [0.3, 0.4) is 0 Å². The van der Waals surface area contributed by atoms with E-state index in [1.165, 1.54) is 12.3 Å². The van der Waals surface area contributed by atoms with Crippen LogP contribution in [0.5, 0.6) is 0 Å². The molecular formula is C12H17FN4O. The maximum Gasteiger partial charge on any atom is 0.254 e. The van der Waals surface area contributed by atoms with Crippen LogP contribution in [-0.2, 0) is 0 Å². The van der Waals surface area contributed by atoms with Crippen molar-refractivity contribution < 1.29 is 9.18 Å². The summed E-state index contributed by atoms with van der Waals surface area (Å²) in [5.41, 5.74) is 5.27. The number of likely N-dealkylation sites (tertiary alicyclic amines) is 1. The van der Waals surface area contributed by atoms with Gasteiger partial charge in [0.15, 0.2) is 11.6 Å². The second-order valence-corrected chi connectivity index (χ2v) is 4.68. The Balaban J connectivity index is 1.94. The molecule has 18 heavy (non-hydrogen) atoms. The van der Waals surface area contributed by atoms with Gasteiger partial charge in [0.25, 0.3) is 5.91 Å². The maximum atomic E-state index is 13.6. The van der Waals surface area contributed by atoms with E-state index in [2.05, 4.69) is 15.2 Å². The molecule has 1 aliphatic rings. The van der Waals surface area contributed by atoms with Crippen LogP contribution in [0.2, 0.25) is 0 Å². The summed E-state index contributed by atoms with van der Waals surface area (Å²) in [6, 6.07) is 1.34. The molecule has 5 nitrogen and oxygen atoms in total. The molecule has 2 heterocycles. The van der Waals surface area contributed by atoms with Crippen LogP contribution in [-0.4, -0.2) is 42.5 Å². The molecule has 1 unspecified atom stereocenters. The summed E-state index contributed by atoms with van der Waals surface area (Å²) in [7, 11) is 2.05. The predicted molar refractivity (Wildman–Crippen MR) is 66.5 cm³/mol. The van der Waals surface area contributed by atoms with E-state index >= 15 is 0 Å². The summed E-state index contributed by atoms with van der Waals surface area (Å²) in [6.07, 6.45) is 2.38. The van der Waals surface area contributed by atoms with Crippen molar-refractivity contribution in [2.24, 2.45) is 5.92 Å². The summed E-state index contributed by atoms with van der Waals surface area (Å²) in [5, 5.41) is 2.74. The fourth-order valence-electron chi connectivity index (χ4n) is 2.16. The Morgan fingerprint density at radius 2 is 2.50 bits per heavy atom. The lowest BCUT2D eigenvalue weighted by Crippen LogP contribution is -2.31. The molecule has 1 aromatic heterocycles. The SMILES string of the molecule is CN1CCC(CNC(=O)c2ccnc(N)c2F)C1. The Labute approximate surface area is 105 Å². The number of carbonyl (C=O) groups excluding carboxylic acids is 1. The summed E-state index contributed by atoms with van der Waals surface area (Å²) < 4.78 is 13.6. The van der Waals surface area contributed by atoms with Gasteiger partial charge in [0, 0.05) is 19.3 Å². The van der Waals surface area contributed by atoms with Gasteiger partial charge in [-0.1, -0.05) is 0 Å². The van der Waals surface area contributed by atoms with E-state index in [-0.39, 0.29) is 11.4 Å². The van der Waals surface area contributed by atoms with Gasteiger partial charge in [-0.05, 0) is 32.0 Å². The zero-order chi connectivity index (χ0) is 13.1. The Morgan fingerprint density at radius 3 is 3.17 bits per heavy atom. The van der Waals surface area contributed by atoms with E-state index in [9.17, 15) is 9.18 Å². The summed E-state index contributed by atoms with van der Waals surface area (Å²) in [5.74, 6) is -1.00. The molecule has 0 aliphatic carbocycles. The number of halogens is 1. The van der Waals surface area contributed by atoms with Gasteiger partial charge in [-0.25, -0.2) is 9.37 Å². The van der Waals surface area contributed by atoms with Gasteiger partial charge < -0.3 is 16.0 Å². The predicted octanol–water partition coefficient (Wildman–Crippen LogP) is 0.484. The van der Waals surface area contributed by atoms with E-state index in [0.717, 1.165) is 19.5 Å². The number of hydrogen-bond acceptors (Lipinski definition) is 4. The fourth-order valence-corrected chi connectivity index (χ4v) is 2.16. The molecule has 1 fully saturated rings. The Morgan fingerprint density at radius 1 is 1.72 bits per heavy atom. The molecule has 1 amide bonds. The molecular weight excluding hydrogens is 235 g/mol. The smallest absolute Gasteiger partial charge is 0.254 e. The van der Waals surface area contributed by atoms with Crippen LogP contribution in [0, 0.1) is 11.7 Å². The lowest BCUT2D eigenvalue weighted by Gasteiger charge is -2.12. The van der Waals surface area contributed by atoms with Crippen LogP contribution in [0.25, 0.3) is 0 Å². The number of pyridine rings is 1. The van der Waals surface area contributed by atoms with Gasteiger partial charge >= 0.3 is 0 Å². The topological polar surface area (TPSA) is 71.2 Å². The lowest BCUT2D eigenvalue weighted by atomic mass is 10.1. The molecule has 0 aromatic carbocycles. The van der Waals surface area contributed by atoms with Crippen LogP contribution in [0.15, 0.2) is 12.3 Å². The molecule has 0 bridgehead atoms. The fraction of sp³-hybridized carbons (Fsp3) is 0.500. The molecule has 98 valence electrons. The zero-order valence-electron chi connectivity index (χ0n) is 10.3. The van der Waals surface area contributed by atoms with Gasteiger partial charge in [-0.3, -0.25) is 4.79 Å². The first-order chi connectivity index (χ1) is 8.58. The van der Waals surface area contributed by atoms with Crippen molar-refractivity contribution >= 4 is 11.7 Å². The number of amides is 1. The molecule has 1 atom stereocenters. The average Bonchev–Trinajstić information content (AvgIpc) is 2.76. The number of rotatable bonds is 3. The third-order valence-corrected chi connectivity index (χ3v) is 3.20. The zero-order valence-corrected chi connectivity index (χ0v) is 10.3. The van der Waals surface area contributed by atoms with Gasteiger partial charge in [-0.15, -0.1) is 0 Å². The highest BCUT2D eigenvalue weighted by molar-refractivity contribution is 5.95. The van der Waals surface area contributed by atoms with E-state index in [1.54, 1.807) is 0 Å². The number of hydrogen-bond donors (Lipinski definition) is 2. The Kier molecular flexibility index (Phi) is 3.76. The number of nitrogens with zero attached hydrogens (tertiary/aromatic N) is 2. The highest BCUT2D eigenvalue weighted by atomic mass is 19.1. The normalized spacial score (nSPS) is 20.0. The average molecular weight is 252 g/mol. The molecule has 1 aromatic rings. The molecule has 1 saturated heterocycles. The first-order valence-corrected chi connectivity index (χ1v) is 5.94. The Hall–Kier alpha value is -1.69. The highest BCUT2D eigenvalue weighted by Crippen LogP contribution is 2.14. The molecule has 3 N–H and O–H groups in total. The molecule has 6 heteroatoms. The third kappa shape index (κ3) is 2.76. The van der Waals surface area contributed by atoms with Crippen molar-refractivity contribution in [1.29, 1.82) is 0 Å². The minimum Gasteiger partial charge on any atom is -0.381 e. The van der Waals surface area contributed by atoms with E-state index in [4.69, 9.17) is 5.73 Å². The van der Waals surface area contributed by atoms with E-state index < -0.39 is 11.7 Å². The van der Waals surface area contributed by atoms with Crippen molar-refractivity contribution in [3.05, 3.63) is 23.6 Å². The van der Waals surface area contributed by atoms with Crippen LogP contribution in [0.4, 0.5) is 10.2 Å². The van der Waals surface area contributed by atoms with Gasteiger partial charge in [0.2, 0.25) is 0 Å². The number of nitrogens with one attached hydrogen (secondary N) is 1. The lowest BCUT2D eigenvalue weighted by molar-refractivity contribution is 0.0943. The minimum absolute atomic E-state index is 0.0474. The van der Waals surface area contributed by atoms with Crippen LogP contribution < -0.4 is 11.1 Å². The van der Waals surface area contributed by atoms with Gasteiger partial charge in [0.1, 0.15) is 0 Å². The second kappa shape index (κ2) is 5.30. The van der Waals surface area contributed by atoms with Gasteiger partial charge in [0.05, 0.1) is 5.56 Å². The maximum absolute atomic E-state index is 13.6. The standard InChI is InChI=1S/C12H17FN4O/c1-17-5-3-8(7-17)6-16-12(18)9-2-4-15-11(14)10(9)13/h2,4,8H,3,5-7H2,1H3,(H2,14,15)(H,16,18). The number of anilines is 1. The molecule has 1 aliphatic heterocycles. The monoisotopic (exact) mass is 252 g/mol. The molecule has 0 saturated carbocycles. The van der Waals surface area contributed by atoms with E-state index in [1.807, 2.05) is 7.05 Å². The molecule has 2 rings (SSSR count). The third-order valence-electron chi connectivity index (χ3n) is 3.20. The van der Waals surface area contributed by atoms with E-state index in [0.29, 0.717) is 12.5 Å². The van der Waals surface area contributed by atoms with Gasteiger partial charge in [-0.2, -0.15) is 0 Å². The van der Waals surface area contributed by atoms with Crippen molar-refractivity contribution in [3.63, 3.8) is 0 Å². The number of carbonyl (C=O) groups is 1. The van der Waals surface area contributed by atoms with Crippen molar-refractivity contribution in [2.45, 2.75) is 6.42 Å². The minimum atomic E-state index is -0.751. The summed E-state index contributed by atoms with van der Waals surface area (Å²) >= 11 is 0. The molecule has 0 radical (unpaired) electrons. The number of aromatic nitrogens is 1. The van der Waals surface area contributed by atoms with Crippen LogP contribution in [0.1, 0.15) is 16.8 Å². The summed E-state index contributed by atoms with van der Waals surface area (Å²) in [4.78, 5) is 17.6. The number of nitrogen functional groups attached to an aromatic ring is 1. The summed E-state index contributed by atoms with van der Waals surface area (Å²) in [6.45, 7) is 2.56. The number of nitrogens with two attached hydrogens (primary N) is 1. The largest absolute Gasteiger partial charge is 0.381 e. The quantitative estimate of drug-likeness (QED) is 0.821. The second-order valence-electron chi connectivity index (χ2n) is 4.68. The van der Waals surface area contributed by atoms with Crippen LogP contribution >= 0.6 is 0 Å². The Bertz CT molecular complexity index is 452. The molecule has 0 spiro atoms. The van der Waals surface area contributed by atoms with Crippen molar-refractivity contribution in [3.8, 4) is 0 Å². The first-order valence-electron chi connectivity index (χ1n) is 5.94.